The second-order valence-electron chi connectivity index (χ2n) is 10.8. The molecule has 0 spiro atoms. The average molecular weight is 472 g/mol. The van der Waals surface area contributed by atoms with Gasteiger partial charge in [-0.15, -0.1) is 0 Å². The maximum Gasteiger partial charge on any atom is 0.0639 e. The molecule has 174 valence electrons. The summed E-state index contributed by atoms with van der Waals surface area (Å²) in [5.74, 6) is 0. The number of rotatable bonds is 1. The first-order chi connectivity index (χ1) is 18.3. The van der Waals surface area contributed by atoms with Crippen LogP contribution in [0, 0.1) is 0 Å². The number of hydrogen-bond acceptors (Lipinski definition) is 0. The molecule has 0 saturated heterocycles. The lowest BCUT2D eigenvalue weighted by atomic mass is 9.84. The van der Waals surface area contributed by atoms with Gasteiger partial charge in [0, 0.05) is 16.3 Å². The number of fused-ring (bicyclic) bond motifs is 9. The molecule has 5 aromatic carbocycles. The van der Waals surface area contributed by atoms with Crippen LogP contribution >= 0.6 is 0 Å². The second-order valence-corrected chi connectivity index (χ2v) is 10.8. The largest absolute Gasteiger partial charge is 0.332 e. The molecule has 0 N–H and O–H groups in total. The third kappa shape index (κ3) is 2.64. The van der Waals surface area contributed by atoms with Crippen LogP contribution in [0.1, 0.15) is 41.1 Å². The van der Waals surface area contributed by atoms with Gasteiger partial charge >= 0.3 is 0 Å². The molecule has 0 fully saturated rings. The van der Waals surface area contributed by atoms with Crippen LogP contribution in [0.2, 0.25) is 0 Å². The molecule has 1 aromatic heterocycles. The third-order valence-electron chi connectivity index (χ3n) is 8.92. The SMILES string of the molecule is C1=C2c3cc(C4=c5ccccc5=CCC4)cc4c5cc6ccccc6cc5n(c34)C2Cc2ccccc21. The maximum absolute atomic E-state index is 2.66. The number of aromatic nitrogens is 1. The van der Waals surface area contributed by atoms with Crippen molar-refractivity contribution in [3.8, 4) is 0 Å². The molecular weight excluding hydrogens is 446 g/mol. The first kappa shape index (κ1) is 19.8. The van der Waals surface area contributed by atoms with E-state index in [0.29, 0.717) is 6.04 Å². The van der Waals surface area contributed by atoms with Crippen molar-refractivity contribution in [1.82, 2.24) is 4.57 Å². The fraction of sp³-hybridized carbons (Fsp3) is 0.111. The zero-order valence-corrected chi connectivity index (χ0v) is 20.5. The molecule has 0 radical (unpaired) electrons. The minimum atomic E-state index is 0.346. The lowest BCUT2D eigenvalue weighted by Gasteiger charge is -2.24. The lowest BCUT2D eigenvalue weighted by Crippen LogP contribution is -2.29. The normalized spacial score (nSPS) is 17.5. The monoisotopic (exact) mass is 471 g/mol. The van der Waals surface area contributed by atoms with Crippen molar-refractivity contribution >= 4 is 55.9 Å². The van der Waals surface area contributed by atoms with Gasteiger partial charge in [0.05, 0.1) is 17.1 Å². The van der Waals surface area contributed by atoms with Gasteiger partial charge in [0.25, 0.3) is 0 Å². The summed E-state index contributed by atoms with van der Waals surface area (Å²) < 4.78 is 2.66. The Morgan fingerprint density at radius 3 is 2.49 bits per heavy atom. The highest BCUT2D eigenvalue weighted by molar-refractivity contribution is 6.18. The summed E-state index contributed by atoms with van der Waals surface area (Å²) in [5, 5.41) is 8.18. The molecule has 2 aliphatic carbocycles. The highest BCUT2D eigenvalue weighted by Gasteiger charge is 2.35. The van der Waals surface area contributed by atoms with E-state index in [2.05, 4.69) is 114 Å². The first-order valence-electron chi connectivity index (χ1n) is 13.4. The summed E-state index contributed by atoms with van der Waals surface area (Å²) in [6.45, 7) is 0. The molecule has 1 nitrogen and oxygen atoms in total. The van der Waals surface area contributed by atoms with Crippen molar-refractivity contribution < 1.29 is 0 Å². The molecule has 3 aliphatic rings. The minimum Gasteiger partial charge on any atom is -0.332 e. The molecule has 1 heteroatoms. The van der Waals surface area contributed by atoms with E-state index in [9.17, 15) is 0 Å². The summed E-state index contributed by atoms with van der Waals surface area (Å²) in [5.41, 5.74) is 11.4. The van der Waals surface area contributed by atoms with Crippen LogP contribution in [-0.2, 0) is 6.42 Å². The van der Waals surface area contributed by atoms with Crippen LogP contribution < -0.4 is 10.4 Å². The van der Waals surface area contributed by atoms with Gasteiger partial charge in [0.1, 0.15) is 0 Å². The first-order valence-corrected chi connectivity index (χ1v) is 13.4. The van der Waals surface area contributed by atoms with E-state index in [-0.39, 0.29) is 0 Å². The second kappa shape index (κ2) is 7.11. The van der Waals surface area contributed by atoms with Crippen molar-refractivity contribution in [2.45, 2.75) is 25.3 Å². The van der Waals surface area contributed by atoms with Gasteiger partial charge in [-0.05, 0) is 98.7 Å². The van der Waals surface area contributed by atoms with Crippen molar-refractivity contribution in [2.24, 2.45) is 0 Å². The zero-order valence-electron chi connectivity index (χ0n) is 20.5. The molecule has 0 saturated carbocycles. The third-order valence-corrected chi connectivity index (χ3v) is 8.92. The van der Waals surface area contributed by atoms with Crippen LogP contribution in [-0.4, -0.2) is 4.57 Å². The van der Waals surface area contributed by atoms with Crippen LogP contribution in [0.25, 0.3) is 55.9 Å². The van der Waals surface area contributed by atoms with Crippen LogP contribution in [0.15, 0.2) is 97.1 Å². The molecule has 0 amide bonds. The molecule has 37 heavy (non-hydrogen) atoms. The highest BCUT2D eigenvalue weighted by Crippen LogP contribution is 2.51. The molecule has 9 rings (SSSR count). The van der Waals surface area contributed by atoms with Crippen LogP contribution in [0.3, 0.4) is 0 Å². The molecule has 0 bridgehead atoms. The summed E-state index contributed by atoms with van der Waals surface area (Å²) in [6, 6.07) is 36.9. The van der Waals surface area contributed by atoms with E-state index in [1.54, 1.807) is 0 Å². The molecule has 1 atom stereocenters. The Bertz CT molecular complexity index is 2120. The van der Waals surface area contributed by atoms with E-state index >= 15 is 0 Å². The summed E-state index contributed by atoms with van der Waals surface area (Å²) in [7, 11) is 0. The summed E-state index contributed by atoms with van der Waals surface area (Å²) >= 11 is 0. The van der Waals surface area contributed by atoms with Crippen molar-refractivity contribution in [3.63, 3.8) is 0 Å². The molecular formula is C36H25N. The number of allylic oxidation sites excluding steroid dienone is 1. The molecule has 1 aliphatic heterocycles. The quantitative estimate of drug-likeness (QED) is 0.236. The average Bonchev–Trinajstić information content (AvgIpc) is 3.44. The molecule has 2 heterocycles. The molecule has 1 unspecified atom stereocenters. The number of benzene rings is 5. The Hall–Kier alpha value is -4.36. The van der Waals surface area contributed by atoms with Crippen LogP contribution in [0.5, 0.6) is 0 Å². The Kier molecular flexibility index (Phi) is 3.80. The lowest BCUT2D eigenvalue weighted by molar-refractivity contribution is 0.670. The fourth-order valence-corrected chi connectivity index (χ4v) is 7.27. The maximum atomic E-state index is 2.66. The van der Waals surface area contributed by atoms with E-state index in [4.69, 9.17) is 0 Å². The molecule has 6 aromatic rings. The Labute approximate surface area is 215 Å². The van der Waals surface area contributed by atoms with Crippen molar-refractivity contribution in [3.05, 3.63) is 130 Å². The topological polar surface area (TPSA) is 4.93 Å². The Morgan fingerprint density at radius 1 is 0.730 bits per heavy atom. The van der Waals surface area contributed by atoms with E-state index in [1.807, 2.05) is 0 Å². The zero-order chi connectivity index (χ0) is 24.1. The smallest absolute Gasteiger partial charge is 0.0639 e. The standard InChI is InChI=1S/C36H25N/c1-3-11-25-20-34-30(16-23(25)9-1)32-18-27(29-15-7-13-22-8-5-6-14-28(22)29)19-33-31-17-24-10-2-4-12-26(24)21-35(31)37(34)36(32)33/h1-6,8-14,16-20,35H,7,15,21H2. The number of nitrogens with zero attached hydrogens (tertiary/aromatic N) is 1. The van der Waals surface area contributed by atoms with E-state index in [1.165, 1.54) is 76.4 Å². The fourth-order valence-electron chi connectivity index (χ4n) is 7.27. The van der Waals surface area contributed by atoms with Gasteiger partial charge < -0.3 is 4.57 Å². The number of hydrogen-bond donors (Lipinski definition) is 0. The van der Waals surface area contributed by atoms with Gasteiger partial charge in [0.15, 0.2) is 0 Å². The van der Waals surface area contributed by atoms with E-state index in [0.717, 1.165) is 19.3 Å². The Morgan fingerprint density at radius 2 is 1.54 bits per heavy atom. The minimum absolute atomic E-state index is 0.346. The van der Waals surface area contributed by atoms with Crippen molar-refractivity contribution in [2.75, 3.05) is 0 Å². The van der Waals surface area contributed by atoms with Gasteiger partial charge in [-0.1, -0.05) is 78.9 Å². The predicted molar refractivity (Wildman–Crippen MR) is 156 cm³/mol. The van der Waals surface area contributed by atoms with Gasteiger partial charge in [0.2, 0.25) is 0 Å². The van der Waals surface area contributed by atoms with Gasteiger partial charge in [-0.25, -0.2) is 0 Å². The van der Waals surface area contributed by atoms with Crippen LogP contribution in [0.4, 0.5) is 0 Å². The summed E-state index contributed by atoms with van der Waals surface area (Å²) in [6.07, 6.45) is 8.10. The van der Waals surface area contributed by atoms with Gasteiger partial charge in [-0.2, -0.15) is 0 Å². The Balaban J connectivity index is 1.44. The summed E-state index contributed by atoms with van der Waals surface area (Å²) in [4.78, 5) is 0. The highest BCUT2D eigenvalue weighted by atomic mass is 15.0. The predicted octanol–water partition coefficient (Wildman–Crippen LogP) is 7.37. The van der Waals surface area contributed by atoms with E-state index < -0.39 is 0 Å². The van der Waals surface area contributed by atoms with Crippen molar-refractivity contribution in [1.29, 1.82) is 0 Å². The van der Waals surface area contributed by atoms with Gasteiger partial charge in [-0.3, -0.25) is 0 Å².